The fourth-order valence-corrected chi connectivity index (χ4v) is 3.40. The summed E-state index contributed by atoms with van der Waals surface area (Å²) in [6.45, 7) is 4.03. The molecule has 0 bridgehead atoms. The lowest BCUT2D eigenvalue weighted by atomic mass is 10.1. The molecule has 0 fully saturated rings. The van der Waals surface area contributed by atoms with Gasteiger partial charge in [-0.2, -0.15) is 5.10 Å². The lowest BCUT2D eigenvalue weighted by Crippen LogP contribution is -2.16. The lowest BCUT2D eigenvalue weighted by Gasteiger charge is -2.12. The zero-order valence-corrected chi connectivity index (χ0v) is 17.6. The van der Waals surface area contributed by atoms with Gasteiger partial charge in [0.05, 0.1) is 17.5 Å². The largest absolute Gasteiger partial charge is 0.339 e. The predicted molar refractivity (Wildman–Crippen MR) is 115 cm³/mol. The number of thioether (sulfide) groups is 1. The Hall–Kier alpha value is -3.13. The van der Waals surface area contributed by atoms with Crippen LogP contribution in [0.15, 0.2) is 59.8 Å². The van der Waals surface area contributed by atoms with E-state index in [0.29, 0.717) is 17.1 Å². The highest BCUT2D eigenvalue weighted by molar-refractivity contribution is 8.13. The second kappa shape index (κ2) is 8.91. The van der Waals surface area contributed by atoms with E-state index in [1.807, 2.05) is 44.2 Å². The maximum atomic E-state index is 12.9. The normalized spacial score (nSPS) is 10.8. The maximum Gasteiger partial charge on any atom is 0.285 e. The van der Waals surface area contributed by atoms with Gasteiger partial charge in [0.1, 0.15) is 0 Å². The number of nitrogens with one attached hydrogen (secondary N) is 1. The van der Waals surface area contributed by atoms with E-state index < -0.39 is 0 Å². The summed E-state index contributed by atoms with van der Waals surface area (Å²) in [6, 6.07) is 12.7. The molecule has 0 aliphatic carbocycles. The fraction of sp³-hybridized carbons (Fsp3) is 0.238. The first-order valence-corrected chi connectivity index (χ1v) is 9.98. The van der Waals surface area contributed by atoms with E-state index in [4.69, 9.17) is 0 Å². The molecule has 0 unspecified atom stereocenters. The zero-order chi connectivity index (χ0) is 21.0. The van der Waals surface area contributed by atoms with Crippen LogP contribution < -0.4 is 5.32 Å². The van der Waals surface area contributed by atoms with Crippen LogP contribution in [-0.2, 0) is 0 Å². The van der Waals surface area contributed by atoms with Gasteiger partial charge in [-0.15, -0.1) is 0 Å². The number of carbonyl (C=O) groups is 2. The second-order valence-electron chi connectivity index (χ2n) is 6.94. The Labute approximate surface area is 174 Å². The summed E-state index contributed by atoms with van der Waals surface area (Å²) in [4.78, 5) is 31.3. The number of hydrogen-bond acceptors (Lipinski definition) is 5. The Kier molecular flexibility index (Phi) is 6.33. The highest BCUT2D eigenvalue weighted by Crippen LogP contribution is 2.25. The first-order chi connectivity index (χ1) is 13.9. The molecule has 0 aliphatic rings. The van der Waals surface area contributed by atoms with Crippen molar-refractivity contribution in [2.45, 2.75) is 24.7 Å². The van der Waals surface area contributed by atoms with Gasteiger partial charge in [0, 0.05) is 30.9 Å². The molecule has 2 aromatic heterocycles. The molecule has 0 aliphatic heterocycles. The molecule has 0 spiro atoms. The van der Waals surface area contributed by atoms with Crippen LogP contribution in [0.25, 0.3) is 5.82 Å². The summed E-state index contributed by atoms with van der Waals surface area (Å²) in [5, 5.41) is 7.24. The van der Waals surface area contributed by atoms with Gasteiger partial charge in [-0.1, -0.05) is 19.9 Å². The number of benzene rings is 1. The number of carbonyl (C=O) groups excluding carboxylic acids is 2. The van der Waals surface area contributed by atoms with Crippen LogP contribution in [0.4, 0.5) is 10.5 Å². The number of anilines is 1. The van der Waals surface area contributed by atoms with Crippen molar-refractivity contribution in [3.63, 3.8) is 0 Å². The Balaban J connectivity index is 1.79. The molecule has 0 radical (unpaired) electrons. The van der Waals surface area contributed by atoms with Crippen molar-refractivity contribution < 1.29 is 9.59 Å². The molecule has 7 nitrogen and oxygen atoms in total. The van der Waals surface area contributed by atoms with Gasteiger partial charge in [0.25, 0.3) is 11.1 Å². The Bertz CT molecular complexity index is 998. The van der Waals surface area contributed by atoms with Crippen molar-refractivity contribution in [2.75, 3.05) is 19.4 Å². The zero-order valence-electron chi connectivity index (χ0n) is 16.8. The molecule has 3 aromatic rings. The summed E-state index contributed by atoms with van der Waals surface area (Å²) >= 11 is 1.14. The van der Waals surface area contributed by atoms with Crippen LogP contribution in [0.5, 0.6) is 0 Å². The van der Waals surface area contributed by atoms with Crippen LogP contribution in [0.1, 0.15) is 35.8 Å². The third kappa shape index (κ3) is 4.83. The molecule has 1 N–H and O–H groups in total. The molecule has 1 aromatic carbocycles. The van der Waals surface area contributed by atoms with E-state index in [2.05, 4.69) is 15.4 Å². The van der Waals surface area contributed by atoms with Crippen molar-refractivity contribution in [3.05, 3.63) is 66.1 Å². The molecule has 0 saturated carbocycles. The van der Waals surface area contributed by atoms with E-state index in [0.717, 1.165) is 22.4 Å². The van der Waals surface area contributed by atoms with Gasteiger partial charge < -0.3 is 10.2 Å². The smallest absolute Gasteiger partial charge is 0.285 e. The van der Waals surface area contributed by atoms with Crippen molar-refractivity contribution >= 4 is 28.6 Å². The van der Waals surface area contributed by atoms with Gasteiger partial charge >= 0.3 is 0 Å². The lowest BCUT2D eigenvalue weighted by molar-refractivity contribution is 0.102. The molecule has 2 amide bonds. The first kappa shape index (κ1) is 20.6. The molecule has 3 rings (SSSR count). The minimum atomic E-state index is -0.236. The van der Waals surface area contributed by atoms with Crippen molar-refractivity contribution in [2.24, 2.45) is 0 Å². The van der Waals surface area contributed by atoms with E-state index >= 15 is 0 Å². The Morgan fingerprint density at radius 2 is 1.83 bits per heavy atom. The fourth-order valence-electron chi connectivity index (χ4n) is 2.75. The number of aromatic nitrogens is 3. The SMILES string of the molecule is CC(C)c1c(C(=O)Nc2ccc(SC(=O)N(C)C)cc2)cnn1-c1ccccn1. The minimum Gasteiger partial charge on any atom is -0.339 e. The second-order valence-corrected chi connectivity index (χ2v) is 7.96. The number of hydrogen-bond donors (Lipinski definition) is 1. The van der Waals surface area contributed by atoms with Gasteiger partial charge in [-0.3, -0.25) is 9.59 Å². The summed E-state index contributed by atoms with van der Waals surface area (Å²) in [5.74, 6) is 0.513. The average molecular weight is 410 g/mol. The topological polar surface area (TPSA) is 80.1 Å². The number of amides is 2. The third-order valence-electron chi connectivity index (χ3n) is 4.15. The van der Waals surface area contributed by atoms with Gasteiger partial charge in [0.15, 0.2) is 5.82 Å². The van der Waals surface area contributed by atoms with Crippen molar-refractivity contribution in [3.8, 4) is 5.82 Å². The van der Waals surface area contributed by atoms with Crippen molar-refractivity contribution in [1.82, 2.24) is 19.7 Å². The molecule has 29 heavy (non-hydrogen) atoms. The van der Waals surface area contributed by atoms with E-state index in [1.54, 1.807) is 43.3 Å². The standard InChI is InChI=1S/C21H23N5O2S/c1-14(2)19-17(13-23-26(19)18-7-5-6-12-22-18)20(27)24-15-8-10-16(11-9-15)29-21(28)25(3)4/h5-14H,1-4H3,(H,24,27). The number of rotatable bonds is 5. The van der Waals surface area contributed by atoms with Gasteiger partial charge in [-0.05, 0) is 54.1 Å². The molecule has 2 heterocycles. The van der Waals surface area contributed by atoms with Crippen LogP contribution in [0.2, 0.25) is 0 Å². The first-order valence-electron chi connectivity index (χ1n) is 9.16. The molecule has 0 saturated heterocycles. The van der Waals surface area contributed by atoms with E-state index in [9.17, 15) is 9.59 Å². The summed E-state index contributed by atoms with van der Waals surface area (Å²) < 4.78 is 1.70. The molecular formula is C21H23N5O2S. The molecular weight excluding hydrogens is 386 g/mol. The Morgan fingerprint density at radius 1 is 1.10 bits per heavy atom. The molecule has 150 valence electrons. The molecule has 0 atom stereocenters. The molecule has 8 heteroatoms. The summed E-state index contributed by atoms with van der Waals surface area (Å²) in [5.41, 5.74) is 1.95. The number of pyridine rings is 1. The minimum absolute atomic E-state index is 0.0507. The monoisotopic (exact) mass is 409 g/mol. The average Bonchev–Trinajstić information content (AvgIpc) is 3.15. The summed E-state index contributed by atoms with van der Waals surface area (Å²) in [6.07, 6.45) is 3.26. The summed E-state index contributed by atoms with van der Waals surface area (Å²) in [7, 11) is 3.42. The van der Waals surface area contributed by atoms with E-state index in [1.165, 1.54) is 4.90 Å². The van der Waals surface area contributed by atoms with Gasteiger partial charge in [0.2, 0.25) is 0 Å². The van der Waals surface area contributed by atoms with Crippen LogP contribution >= 0.6 is 11.8 Å². The van der Waals surface area contributed by atoms with Crippen LogP contribution in [0, 0.1) is 0 Å². The van der Waals surface area contributed by atoms with Crippen molar-refractivity contribution in [1.29, 1.82) is 0 Å². The van der Waals surface area contributed by atoms with Crippen LogP contribution in [-0.4, -0.2) is 44.9 Å². The van der Waals surface area contributed by atoms with E-state index in [-0.39, 0.29) is 17.1 Å². The quantitative estimate of drug-likeness (QED) is 0.631. The predicted octanol–water partition coefficient (Wildman–Crippen LogP) is 4.42. The number of nitrogens with zero attached hydrogens (tertiary/aromatic N) is 4. The van der Waals surface area contributed by atoms with Gasteiger partial charge in [-0.25, -0.2) is 9.67 Å². The highest BCUT2D eigenvalue weighted by Gasteiger charge is 2.21. The van der Waals surface area contributed by atoms with Crippen LogP contribution in [0.3, 0.4) is 0 Å². The Morgan fingerprint density at radius 3 is 2.41 bits per heavy atom. The maximum absolute atomic E-state index is 12.9. The third-order valence-corrected chi connectivity index (χ3v) is 5.19. The highest BCUT2D eigenvalue weighted by atomic mass is 32.2.